The van der Waals surface area contributed by atoms with Gasteiger partial charge in [0.1, 0.15) is 7.05 Å². The zero-order valence-electron chi connectivity index (χ0n) is 12.9. The minimum atomic E-state index is 0.139. The van der Waals surface area contributed by atoms with Crippen molar-refractivity contribution >= 4 is 0 Å². The number of nitrogens with zero attached hydrogens (tertiary/aromatic N) is 2. The van der Waals surface area contributed by atoms with Gasteiger partial charge in [-0.05, 0) is 36.1 Å². The van der Waals surface area contributed by atoms with Gasteiger partial charge in [0.25, 0.3) is 0 Å². The minimum absolute atomic E-state index is 0.139. The molecule has 0 aliphatic carbocycles. The third kappa shape index (κ3) is 2.72. The van der Waals surface area contributed by atoms with Crippen LogP contribution in [0.1, 0.15) is 37.5 Å². The van der Waals surface area contributed by atoms with Gasteiger partial charge in [-0.15, -0.1) is 0 Å². The Labute approximate surface area is 121 Å². The molecule has 1 heterocycles. The Balaban J connectivity index is 2.57. The maximum atomic E-state index is 9.06. The van der Waals surface area contributed by atoms with Crippen molar-refractivity contribution in [2.45, 2.75) is 33.1 Å². The molecule has 102 valence electrons. The van der Waals surface area contributed by atoms with E-state index in [0.29, 0.717) is 5.56 Å². The maximum Gasteiger partial charge on any atom is 0.212 e. The van der Waals surface area contributed by atoms with Crippen molar-refractivity contribution in [1.82, 2.24) is 0 Å². The van der Waals surface area contributed by atoms with Gasteiger partial charge in [0.15, 0.2) is 6.20 Å². The van der Waals surface area contributed by atoms with Gasteiger partial charge in [0.2, 0.25) is 5.69 Å². The maximum absolute atomic E-state index is 9.06. The summed E-state index contributed by atoms with van der Waals surface area (Å²) in [5.41, 5.74) is 5.57. The molecule has 1 aromatic heterocycles. The van der Waals surface area contributed by atoms with Crippen LogP contribution in [0, 0.1) is 18.3 Å². The molecule has 0 unspecified atom stereocenters. The third-order valence-electron chi connectivity index (χ3n) is 3.64. The normalized spacial score (nSPS) is 11.2. The first-order chi connectivity index (χ1) is 9.32. The third-order valence-corrected chi connectivity index (χ3v) is 3.64. The van der Waals surface area contributed by atoms with Crippen LogP contribution in [0.3, 0.4) is 0 Å². The Morgan fingerprint density at radius 1 is 1.10 bits per heavy atom. The van der Waals surface area contributed by atoms with E-state index in [1.807, 2.05) is 18.2 Å². The summed E-state index contributed by atoms with van der Waals surface area (Å²) in [5.74, 6) is 0. The van der Waals surface area contributed by atoms with Crippen LogP contribution >= 0.6 is 0 Å². The summed E-state index contributed by atoms with van der Waals surface area (Å²) in [5, 5.41) is 9.06. The van der Waals surface area contributed by atoms with Crippen molar-refractivity contribution in [3.8, 4) is 17.3 Å². The first-order valence-electron chi connectivity index (χ1n) is 6.84. The standard InChI is InChI=1S/C18H21N2/c1-13-6-7-14(11-19)10-16(13)17-9-8-15(12-20(17)5)18(2,3)4/h6-10,12H,1-5H3/q+1. The van der Waals surface area contributed by atoms with Gasteiger partial charge < -0.3 is 0 Å². The van der Waals surface area contributed by atoms with Crippen LogP contribution in [0.15, 0.2) is 36.5 Å². The number of pyridine rings is 1. The predicted molar refractivity (Wildman–Crippen MR) is 81.2 cm³/mol. The van der Waals surface area contributed by atoms with E-state index >= 15 is 0 Å². The van der Waals surface area contributed by atoms with Gasteiger partial charge in [0.05, 0.1) is 17.2 Å². The fourth-order valence-electron chi connectivity index (χ4n) is 2.30. The molecule has 0 saturated heterocycles. The molecular weight excluding hydrogens is 244 g/mol. The van der Waals surface area contributed by atoms with Gasteiger partial charge in [-0.3, -0.25) is 0 Å². The fourth-order valence-corrected chi connectivity index (χ4v) is 2.30. The summed E-state index contributed by atoms with van der Waals surface area (Å²) in [4.78, 5) is 0. The largest absolute Gasteiger partial charge is 0.212 e. The lowest BCUT2D eigenvalue weighted by Crippen LogP contribution is -2.33. The van der Waals surface area contributed by atoms with E-state index in [0.717, 1.165) is 11.3 Å². The van der Waals surface area contributed by atoms with E-state index in [-0.39, 0.29) is 5.41 Å². The van der Waals surface area contributed by atoms with Crippen LogP contribution in [0.5, 0.6) is 0 Å². The van der Waals surface area contributed by atoms with Crippen LogP contribution in [0.2, 0.25) is 0 Å². The molecule has 20 heavy (non-hydrogen) atoms. The summed E-state index contributed by atoms with van der Waals surface area (Å²) in [6.45, 7) is 8.71. The van der Waals surface area contributed by atoms with Gasteiger partial charge >= 0.3 is 0 Å². The molecule has 0 radical (unpaired) electrons. The van der Waals surface area contributed by atoms with Gasteiger partial charge in [-0.1, -0.05) is 26.8 Å². The molecule has 1 aromatic carbocycles. The summed E-state index contributed by atoms with van der Waals surface area (Å²) in [7, 11) is 2.06. The molecule has 2 heteroatoms. The molecule has 2 nitrogen and oxygen atoms in total. The summed E-state index contributed by atoms with van der Waals surface area (Å²) < 4.78 is 2.14. The quantitative estimate of drug-likeness (QED) is 0.723. The van der Waals surface area contributed by atoms with E-state index in [4.69, 9.17) is 5.26 Å². The number of hydrogen-bond acceptors (Lipinski definition) is 1. The molecule has 0 amide bonds. The van der Waals surface area contributed by atoms with E-state index in [2.05, 4.69) is 63.7 Å². The highest BCUT2D eigenvalue weighted by Crippen LogP contribution is 2.25. The lowest BCUT2D eigenvalue weighted by molar-refractivity contribution is -0.661. The number of hydrogen-bond donors (Lipinski definition) is 0. The SMILES string of the molecule is Cc1ccc(C#N)cc1-c1ccc(C(C)(C)C)c[n+]1C. The van der Waals surface area contributed by atoms with Crippen molar-refractivity contribution in [1.29, 1.82) is 5.26 Å². The number of aromatic nitrogens is 1. The molecule has 0 bridgehead atoms. The van der Waals surface area contributed by atoms with E-state index in [1.165, 1.54) is 11.1 Å². The van der Waals surface area contributed by atoms with E-state index in [9.17, 15) is 0 Å². The lowest BCUT2D eigenvalue weighted by Gasteiger charge is -2.17. The molecule has 0 aliphatic heterocycles. The van der Waals surface area contributed by atoms with Crippen molar-refractivity contribution in [3.05, 3.63) is 53.2 Å². The van der Waals surface area contributed by atoms with Crippen molar-refractivity contribution < 1.29 is 4.57 Å². The lowest BCUT2D eigenvalue weighted by atomic mass is 9.88. The Morgan fingerprint density at radius 2 is 1.80 bits per heavy atom. The monoisotopic (exact) mass is 265 g/mol. The molecule has 0 atom stereocenters. The van der Waals surface area contributed by atoms with Crippen LogP contribution in [0.4, 0.5) is 0 Å². The van der Waals surface area contributed by atoms with Gasteiger partial charge in [-0.2, -0.15) is 5.26 Å². The van der Waals surface area contributed by atoms with E-state index in [1.54, 1.807) is 0 Å². The minimum Gasteiger partial charge on any atom is -0.201 e. The summed E-state index contributed by atoms with van der Waals surface area (Å²) in [6.07, 6.45) is 2.17. The Bertz CT molecular complexity index is 686. The molecule has 0 fully saturated rings. The highest BCUT2D eigenvalue weighted by atomic mass is 14.9. The van der Waals surface area contributed by atoms with E-state index < -0.39 is 0 Å². The smallest absolute Gasteiger partial charge is 0.201 e. The zero-order valence-corrected chi connectivity index (χ0v) is 12.9. The first kappa shape index (κ1) is 14.3. The van der Waals surface area contributed by atoms with Gasteiger partial charge in [0, 0.05) is 11.6 Å². The number of nitriles is 1. The summed E-state index contributed by atoms with van der Waals surface area (Å²) >= 11 is 0. The number of aryl methyl sites for hydroxylation is 2. The van der Waals surface area contributed by atoms with Crippen molar-refractivity contribution in [3.63, 3.8) is 0 Å². The highest BCUT2D eigenvalue weighted by Gasteiger charge is 2.20. The molecule has 0 aliphatic rings. The second-order valence-electron chi connectivity index (χ2n) is 6.31. The topological polar surface area (TPSA) is 27.7 Å². The number of benzene rings is 1. The average Bonchev–Trinajstić information content (AvgIpc) is 2.38. The summed E-state index contributed by atoms with van der Waals surface area (Å²) in [6, 6.07) is 12.4. The van der Waals surface area contributed by atoms with Crippen LogP contribution < -0.4 is 4.57 Å². The second kappa shape index (κ2) is 5.09. The van der Waals surface area contributed by atoms with Crippen LogP contribution in [0.25, 0.3) is 11.3 Å². The average molecular weight is 265 g/mol. The van der Waals surface area contributed by atoms with Crippen LogP contribution in [-0.4, -0.2) is 0 Å². The Hall–Kier alpha value is -2.14. The predicted octanol–water partition coefficient (Wildman–Crippen LogP) is 3.66. The zero-order chi connectivity index (χ0) is 14.9. The van der Waals surface area contributed by atoms with Crippen molar-refractivity contribution in [2.24, 2.45) is 7.05 Å². The van der Waals surface area contributed by atoms with Crippen molar-refractivity contribution in [2.75, 3.05) is 0 Å². The second-order valence-corrected chi connectivity index (χ2v) is 6.31. The Kier molecular flexibility index (Phi) is 3.63. The molecule has 0 N–H and O–H groups in total. The van der Waals surface area contributed by atoms with Crippen LogP contribution in [-0.2, 0) is 12.5 Å². The first-order valence-corrected chi connectivity index (χ1v) is 6.84. The Morgan fingerprint density at radius 3 is 2.35 bits per heavy atom. The van der Waals surface area contributed by atoms with Gasteiger partial charge in [-0.25, -0.2) is 4.57 Å². The fraction of sp³-hybridized carbons (Fsp3) is 0.333. The molecule has 2 rings (SSSR count). The highest BCUT2D eigenvalue weighted by molar-refractivity contribution is 5.63. The number of rotatable bonds is 1. The molecule has 0 spiro atoms. The molecule has 2 aromatic rings. The molecule has 0 saturated carbocycles. The molecular formula is C18H21N2+.